The van der Waals surface area contributed by atoms with E-state index in [0.717, 1.165) is 5.56 Å². The maximum Gasteiger partial charge on any atom is 0.416 e. The lowest BCUT2D eigenvalue weighted by Gasteiger charge is -2.43. The second kappa shape index (κ2) is 8.77. The number of hydrogen-bond donors (Lipinski definition) is 3. The van der Waals surface area contributed by atoms with Gasteiger partial charge < -0.3 is 20.7 Å². The molecule has 34 heavy (non-hydrogen) atoms. The number of carbonyl (C=O) groups is 1. The highest BCUT2D eigenvalue weighted by atomic mass is 19.4. The van der Waals surface area contributed by atoms with Crippen molar-refractivity contribution in [3.8, 4) is 0 Å². The number of fused-ring (bicyclic) bond motifs is 1. The molecule has 4 rings (SSSR count). The van der Waals surface area contributed by atoms with E-state index in [2.05, 4.69) is 16.0 Å². The van der Waals surface area contributed by atoms with Gasteiger partial charge in [0.25, 0.3) is 0 Å². The van der Waals surface area contributed by atoms with Crippen molar-refractivity contribution in [2.75, 3.05) is 13.2 Å². The Labute approximate surface area is 191 Å². The van der Waals surface area contributed by atoms with E-state index in [-0.39, 0.29) is 36.4 Å². The van der Waals surface area contributed by atoms with Crippen molar-refractivity contribution < 1.29 is 35.9 Å². The summed E-state index contributed by atoms with van der Waals surface area (Å²) in [6, 6.07) is 10.0. The van der Waals surface area contributed by atoms with Crippen molar-refractivity contribution in [3.05, 3.63) is 70.8 Å². The first kappa shape index (κ1) is 24.3. The zero-order valence-electron chi connectivity index (χ0n) is 18.1. The van der Waals surface area contributed by atoms with Gasteiger partial charge in [-0.25, -0.2) is 4.79 Å². The van der Waals surface area contributed by atoms with Crippen LogP contribution in [0.4, 0.5) is 31.1 Å². The molecule has 2 heterocycles. The van der Waals surface area contributed by atoms with Crippen molar-refractivity contribution in [2.45, 2.75) is 49.4 Å². The SMILES string of the molecule is C[C@@H](OCC1(c2ccccc2)CC2NC(=O)NC2CN1)c1cc(C(F)(F)F)cc(C(F)(F)F)c1. The first-order chi connectivity index (χ1) is 15.9. The Kier molecular flexibility index (Phi) is 6.28. The number of alkyl halides is 6. The van der Waals surface area contributed by atoms with Crippen LogP contribution in [0.5, 0.6) is 0 Å². The van der Waals surface area contributed by atoms with E-state index in [1.165, 1.54) is 6.92 Å². The fraction of sp³-hybridized carbons (Fsp3) is 0.435. The molecule has 3 unspecified atom stereocenters. The molecule has 5 nitrogen and oxygen atoms in total. The van der Waals surface area contributed by atoms with Crippen LogP contribution < -0.4 is 16.0 Å². The lowest BCUT2D eigenvalue weighted by Crippen LogP contribution is -2.60. The van der Waals surface area contributed by atoms with Gasteiger partial charge >= 0.3 is 18.4 Å². The Morgan fingerprint density at radius 1 is 0.971 bits per heavy atom. The highest BCUT2D eigenvalue weighted by Crippen LogP contribution is 2.39. The molecule has 4 atom stereocenters. The third-order valence-electron chi connectivity index (χ3n) is 6.33. The molecule has 0 radical (unpaired) electrons. The summed E-state index contributed by atoms with van der Waals surface area (Å²) in [7, 11) is 0. The molecule has 2 amide bonds. The van der Waals surface area contributed by atoms with E-state index >= 15 is 0 Å². The summed E-state index contributed by atoms with van der Waals surface area (Å²) in [4.78, 5) is 11.8. The Morgan fingerprint density at radius 3 is 2.15 bits per heavy atom. The third kappa shape index (κ3) is 5.00. The highest BCUT2D eigenvalue weighted by molar-refractivity contribution is 5.77. The molecular formula is C23H23F6N3O2. The molecule has 2 aromatic rings. The number of benzene rings is 2. The minimum absolute atomic E-state index is 0.0329. The van der Waals surface area contributed by atoms with E-state index < -0.39 is 35.1 Å². The van der Waals surface area contributed by atoms with Crippen LogP contribution in [0.15, 0.2) is 48.5 Å². The number of carbonyl (C=O) groups excluding carboxylic acids is 1. The largest absolute Gasteiger partial charge is 0.416 e. The third-order valence-corrected chi connectivity index (χ3v) is 6.33. The highest BCUT2D eigenvalue weighted by Gasteiger charge is 2.46. The van der Waals surface area contributed by atoms with Crippen LogP contribution in [-0.2, 0) is 22.6 Å². The molecule has 0 spiro atoms. The molecule has 184 valence electrons. The van der Waals surface area contributed by atoms with Gasteiger partial charge in [-0.05, 0) is 42.7 Å². The monoisotopic (exact) mass is 487 g/mol. The molecule has 2 aliphatic heterocycles. The van der Waals surface area contributed by atoms with E-state index in [1.54, 1.807) is 0 Å². The Hall–Kier alpha value is -2.79. The molecule has 2 aliphatic rings. The van der Waals surface area contributed by atoms with Gasteiger partial charge in [-0.2, -0.15) is 26.3 Å². The van der Waals surface area contributed by atoms with Gasteiger partial charge in [-0.3, -0.25) is 0 Å². The van der Waals surface area contributed by atoms with Gasteiger partial charge in [-0.1, -0.05) is 30.3 Å². The minimum atomic E-state index is -4.94. The average molecular weight is 487 g/mol. The number of piperidine rings is 1. The quantitative estimate of drug-likeness (QED) is 0.534. The number of nitrogens with one attached hydrogen (secondary N) is 3. The minimum Gasteiger partial charge on any atom is -0.372 e. The zero-order chi connectivity index (χ0) is 24.7. The van der Waals surface area contributed by atoms with Crippen LogP contribution in [0.1, 0.15) is 41.7 Å². The summed E-state index contributed by atoms with van der Waals surface area (Å²) in [5.74, 6) is 0. The van der Waals surface area contributed by atoms with Crippen molar-refractivity contribution >= 4 is 6.03 Å². The van der Waals surface area contributed by atoms with Gasteiger partial charge in [0, 0.05) is 6.54 Å². The molecule has 0 saturated carbocycles. The Bertz CT molecular complexity index is 1010. The second-order valence-electron chi connectivity index (χ2n) is 8.66. The van der Waals surface area contributed by atoms with Crippen molar-refractivity contribution in [1.82, 2.24) is 16.0 Å². The first-order valence-electron chi connectivity index (χ1n) is 10.7. The number of amides is 2. The molecule has 2 saturated heterocycles. The number of halogens is 6. The van der Waals surface area contributed by atoms with Crippen LogP contribution >= 0.6 is 0 Å². The summed E-state index contributed by atoms with van der Waals surface area (Å²) < 4.78 is 85.4. The van der Waals surface area contributed by atoms with Gasteiger partial charge in [0.15, 0.2) is 0 Å². The maximum atomic E-state index is 13.3. The predicted molar refractivity (Wildman–Crippen MR) is 111 cm³/mol. The number of urea groups is 1. The average Bonchev–Trinajstić information content (AvgIpc) is 3.15. The zero-order valence-corrected chi connectivity index (χ0v) is 18.1. The Morgan fingerprint density at radius 2 is 1.56 bits per heavy atom. The summed E-state index contributed by atoms with van der Waals surface area (Å²) >= 11 is 0. The molecule has 3 N–H and O–H groups in total. The van der Waals surface area contributed by atoms with Crippen LogP contribution in [0.2, 0.25) is 0 Å². The molecule has 0 bridgehead atoms. The van der Waals surface area contributed by atoms with Crippen molar-refractivity contribution in [2.24, 2.45) is 0 Å². The summed E-state index contributed by atoms with van der Waals surface area (Å²) in [5, 5.41) is 9.04. The van der Waals surface area contributed by atoms with Crippen molar-refractivity contribution in [3.63, 3.8) is 0 Å². The topological polar surface area (TPSA) is 62.4 Å². The first-order valence-corrected chi connectivity index (χ1v) is 10.7. The number of ether oxygens (including phenoxy) is 1. The molecule has 0 aliphatic carbocycles. The van der Waals surface area contributed by atoms with Crippen LogP contribution in [-0.4, -0.2) is 31.3 Å². The molecule has 11 heteroatoms. The normalized spacial score (nSPS) is 25.9. The molecule has 2 fully saturated rings. The van der Waals surface area contributed by atoms with Gasteiger partial charge in [0.2, 0.25) is 0 Å². The van der Waals surface area contributed by atoms with Gasteiger partial charge in [0.05, 0.1) is 41.5 Å². The van der Waals surface area contributed by atoms with Gasteiger partial charge in [-0.15, -0.1) is 0 Å². The maximum absolute atomic E-state index is 13.3. The lowest BCUT2D eigenvalue weighted by molar-refractivity contribution is -0.143. The van der Waals surface area contributed by atoms with Crippen LogP contribution in [0.25, 0.3) is 0 Å². The lowest BCUT2D eigenvalue weighted by atomic mass is 9.79. The summed E-state index contributed by atoms with van der Waals surface area (Å²) in [5.41, 5.74) is -2.96. The fourth-order valence-corrected chi connectivity index (χ4v) is 4.47. The number of rotatable bonds is 5. The second-order valence-corrected chi connectivity index (χ2v) is 8.66. The van der Waals surface area contributed by atoms with E-state index in [4.69, 9.17) is 4.74 Å². The smallest absolute Gasteiger partial charge is 0.372 e. The Balaban J connectivity index is 1.61. The summed E-state index contributed by atoms with van der Waals surface area (Å²) in [6.45, 7) is 1.80. The molecule has 0 aromatic heterocycles. The summed E-state index contributed by atoms with van der Waals surface area (Å²) in [6.07, 6.45) is -10.5. The van der Waals surface area contributed by atoms with E-state index in [0.29, 0.717) is 25.1 Å². The van der Waals surface area contributed by atoms with Crippen LogP contribution in [0.3, 0.4) is 0 Å². The fourth-order valence-electron chi connectivity index (χ4n) is 4.47. The van der Waals surface area contributed by atoms with Gasteiger partial charge in [0.1, 0.15) is 0 Å². The van der Waals surface area contributed by atoms with E-state index in [9.17, 15) is 31.1 Å². The van der Waals surface area contributed by atoms with Crippen LogP contribution in [0, 0.1) is 0 Å². The molecular weight excluding hydrogens is 464 g/mol. The molecule has 2 aromatic carbocycles. The standard InChI is InChI=1S/C23H23F6N3O2/c1-13(14-7-16(22(24,25)26)9-17(8-14)23(27,28)29)34-12-21(15-5-3-2-4-6-15)10-18-19(11-30-21)32-20(33)31-18/h2-9,13,18-19,30H,10-12H2,1H3,(H2,31,32,33)/t13-,18?,19?,21?/m1/s1. The number of hydrogen-bond acceptors (Lipinski definition) is 3. The van der Waals surface area contributed by atoms with E-state index in [1.807, 2.05) is 30.3 Å². The van der Waals surface area contributed by atoms with Crippen molar-refractivity contribution in [1.29, 1.82) is 0 Å². The predicted octanol–water partition coefficient (Wildman–Crippen LogP) is 4.74.